The lowest BCUT2D eigenvalue weighted by Crippen LogP contribution is -2.25. The van der Waals surface area contributed by atoms with Crippen molar-refractivity contribution < 1.29 is 9.47 Å². The van der Waals surface area contributed by atoms with Gasteiger partial charge in [0.2, 0.25) is 0 Å². The monoisotopic (exact) mass is 433 g/mol. The van der Waals surface area contributed by atoms with Gasteiger partial charge in [0.15, 0.2) is 5.16 Å². The summed E-state index contributed by atoms with van der Waals surface area (Å²) >= 11 is 10.8. The average molecular weight is 435 g/mol. The van der Waals surface area contributed by atoms with Crippen molar-refractivity contribution in [1.29, 1.82) is 0 Å². The number of aromatic nitrogens is 3. The van der Waals surface area contributed by atoms with E-state index in [2.05, 4.69) is 26.1 Å². The minimum Gasteiger partial charge on any atom is -0.492 e. The van der Waals surface area contributed by atoms with Crippen LogP contribution >= 0.6 is 39.3 Å². The van der Waals surface area contributed by atoms with Crippen LogP contribution < -0.4 is 10.4 Å². The first-order chi connectivity index (χ1) is 11.6. The average Bonchev–Trinajstić information content (AvgIpc) is 3.18. The number of rotatable bonds is 7. The smallest absolute Gasteiger partial charge is 0.344 e. The maximum absolute atomic E-state index is 11.9. The van der Waals surface area contributed by atoms with E-state index < -0.39 is 0 Å². The molecule has 0 bridgehead atoms. The normalized spacial score (nSPS) is 17.3. The van der Waals surface area contributed by atoms with Crippen molar-refractivity contribution in [2.24, 2.45) is 0 Å². The van der Waals surface area contributed by atoms with Crippen molar-refractivity contribution in [2.45, 2.75) is 30.6 Å². The zero-order chi connectivity index (χ0) is 16.9. The van der Waals surface area contributed by atoms with Crippen molar-refractivity contribution in [3.05, 3.63) is 38.2 Å². The number of ether oxygens (including phenoxy) is 2. The minimum absolute atomic E-state index is 0.0981. The van der Waals surface area contributed by atoms with Crippen LogP contribution in [0.3, 0.4) is 0 Å². The van der Waals surface area contributed by atoms with E-state index in [0.29, 0.717) is 29.1 Å². The quantitative estimate of drug-likeness (QED) is 0.535. The standard InChI is InChI=1S/C15H17BrClN3O3S/c16-12-8-10(17)3-4-13(12)23-6-7-24-15-19-18-14(21)20(15)9-11-2-1-5-22-11/h3-4,8,11H,1-2,5-7,9H2,(H,18,21). The fourth-order valence-electron chi connectivity index (χ4n) is 2.44. The summed E-state index contributed by atoms with van der Waals surface area (Å²) in [4.78, 5) is 11.9. The van der Waals surface area contributed by atoms with E-state index in [1.54, 1.807) is 16.7 Å². The van der Waals surface area contributed by atoms with E-state index in [9.17, 15) is 4.79 Å². The van der Waals surface area contributed by atoms with Gasteiger partial charge < -0.3 is 9.47 Å². The van der Waals surface area contributed by atoms with Gasteiger partial charge in [-0.2, -0.15) is 0 Å². The molecule has 1 atom stereocenters. The van der Waals surface area contributed by atoms with Gasteiger partial charge in [0.05, 0.1) is 23.7 Å². The maximum atomic E-state index is 11.9. The first-order valence-corrected chi connectivity index (χ1v) is 9.76. The highest BCUT2D eigenvalue weighted by molar-refractivity contribution is 9.10. The molecular weight excluding hydrogens is 418 g/mol. The third-order valence-electron chi connectivity index (χ3n) is 3.60. The molecule has 1 aromatic heterocycles. The summed E-state index contributed by atoms with van der Waals surface area (Å²) in [5.41, 5.74) is -0.200. The van der Waals surface area contributed by atoms with Crippen LogP contribution in [0.4, 0.5) is 0 Å². The number of nitrogens with one attached hydrogen (secondary N) is 1. The highest BCUT2D eigenvalue weighted by Gasteiger charge is 2.19. The number of benzene rings is 1. The lowest BCUT2D eigenvalue weighted by molar-refractivity contribution is 0.0941. The summed E-state index contributed by atoms with van der Waals surface area (Å²) in [7, 11) is 0. The summed E-state index contributed by atoms with van der Waals surface area (Å²) in [5.74, 6) is 1.41. The largest absolute Gasteiger partial charge is 0.492 e. The predicted octanol–water partition coefficient (Wildman–Crippen LogP) is 3.34. The van der Waals surface area contributed by atoms with Crippen LogP contribution in [-0.4, -0.2) is 39.8 Å². The van der Waals surface area contributed by atoms with Crippen LogP contribution in [0.2, 0.25) is 5.02 Å². The topological polar surface area (TPSA) is 69.1 Å². The Labute approximate surface area is 157 Å². The van der Waals surface area contributed by atoms with Crippen LogP contribution in [0, 0.1) is 0 Å². The number of hydrogen-bond acceptors (Lipinski definition) is 5. The third kappa shape index (κ3) is 4.56. The molecule has 1 aromatic carbocycles. The van der Waals surface area contributed by atoms with Crippen LogP contribution in [0.1, 0.15) is 12.8 Å². The minimum atomic E-state index is -0.200. The van der Waals surface area contributed by atoms with Gasteiger partial charge in [-0.1, -0.05) is 23.4 Å². The van der Waals surface area contributed by atoms with E-state index >= 15 is 0 Å². The third-order valence-corrected chi connectivity index (χ3v) is 5.39. The maximum Gasteiger partial charge on any atom is 0.344 e. The fraction of sp³-hybridized carbons (Fsp3) is 0.467. The van der Waals surface area contributed by atoms with E-state index in [0.717, 1.165) is 29.7 Å². The number of halogens is 2. The van der Waals surface area contributed by atoms with Crippen LogP contribution in [0.5, 0.6) is 5.75 Å². The zero-order valence-electron chi connectivity index (χ0n) is 12.8. The number of nitrogens with zero attached hydrogens (tertiary/aromatic N) is 2. The molecule has 1 aliphatic rings. The molecule has 0 radical (unpaired) electrons. The summed E-state index contributed by atoms with van der Waals surface area (Å²) < 4.78 is 13.8. The second-order valence-corrected chi connectivity index (χ2v) is 7.68. The van der Waals surface area contributed by atoms with Crippen molar-refractivity contribution in [3.63, 3.8) is 0 Å². The molecule has 0 aliphatic carbocycles. The van der Waals surface area contributed by atoms with Crippen molar-refractivity contribution in [1.82, 2.24) is 14.8 Å². The second kappa shape index (κ2) is 8.42. The van der Waals surface area contributed by atoms with Crippen LogP contribution in [0.25, 0.3) is 0 Å². The lowest BCUT2D eigenvalue weighted by Gasteiger charge is -2.11. The lowest BCUT2D eigenvalue weighted by atomic mass is 10.2. The molecule has 0 amide bonds. The molecule has 0 saturated carbocycles. The highest BCUT2D eigenvalue weighted by atomic mass is 79.9. The molecule has 9 heteroatoms. The van der Waals surface area contributed by atoms with Gasteiger partial charge in [-0.25, -0.2) is 9.89 Å². The highest BCUT2D eigenvalue weighted by Crippen LogP contribution is 2.28. The molecule has 130 valence electrons. The van der Waals surface area contributed by atoms with Gasteiger partial charge >= 0.3 is 5.69 Å². The Morgan fingerprint density at radius 3 is 3.17 bits per heavy atom. The Morgan fingerprint density at radius 2 is 2.42 bits per heavy atom. The molecule has 6 nitrogen and oxygen atoms in total. The van der Waals surface area contributed by atoms with E-state index in [1.165, 1.54) is 11.8 Å². The van der Waals surface area contributed by atoms with E-state index in [4.69, 9.17) is 21.1 Å². The van der Waals surface area contributed by atoms with Gasteiger partial charge in [-0.05, 0) is 47.0 Å². The Hall–Kier alpha value is -0.960. The first-order valence-electron chi connectivity index (χ1n) is 7.61. The van der Waals surface area contributed by atoms with E-state index in [-0.39, 0.29) is 11.8 Å². The van der Waals surface area contributed by atoms with E-state index in [1.807, 2.05) is 6.07 Å². The van der Waals surface area contributed by atoms with Gasteiger partial charge in [0.1, 0.15) is 5.75 Å². The summed E-state index contributed by atoms with van der Waals surface area (Å²) in [6, 6.07) is 5.39. The van der Waals surface area contributed by atoms with Gasteiger partial charge in [-0.15, -0.1) is 5.10 Å². The molecule has 1 unspecified atom stereocenters. The summed E-state index contributed by atoms with van der Waals surface area (Å²) in [5, 5.41) is 7.90. The molecule has 1 saturated heterocycles. The molecule has 24 heavy (non-hydrogen) atoms. The van der Waals surface area contributed by atoms with Crippen molar-refractivity contribution >= 4 is 39.3 Å². The van der Waals surface area contributed by atoms with Crippen molar-refractivity contribution in [3.8, 4) is 5.75 Å². The summed E-state index contributed by atoms with van der Waals surface area (Å²) in [6.07, 6.45) is 2.12. The molecule has 2 heterocycles. The molecular formula is C15H17BrClN3O3S. The Morgan fingerprint density at radius 1 is 1.54 bits per heavy atom. The number of H-pyrrole nitrogens is 1. The Kier molecular flexibility index (Phi) is 6.26. The zero-order valence-corrected chi connectivity index (χ0v) is 16.0. The molecule has 1 aliphatic heterocycles. The molecule has 0 spiro atoms. The van der Waals surface area contributed by atoms with Crippen LogP contribution in [0.15, 0.2) is 32.6 Å². The van der Waals surface area contributed by atoms with Crippen molar-refractivity contribution in [2.75, 3.05) is 19.0 Å². The Balaban J connectivity index is 1.52. The van der Waals surface area contributed by atoms with Gasteiger partial charge in [0, 0.05) is 17.4 Å². The number of aromatic amines is 1. The molecule has 1 N–H and O–H groups in total. The molecule has 2 aromatic rings. The molecule has 1 fully saturated rings. The summed E-state index contributed by atoms with van der Waals surface area (Å²) in [6.45, 7) is 1.80. The Bertz CT molecular complexity index is 746. The fourth-order valence-corrected chi connectivity index (χ4v) is 4.01. The van der Waals surface area contributed by atoms with Crippen LogP contribution in [-0.2, 0) is 11.3 Å². The van der Waals surface area contributed by atoms with Gasteiger partial charge in [-0.3, -0.25) is 4.57 Å². The number of hydrogen-bond donors (Lipinski definition) is 1. The predicted molar refractivity (Wildman–Crippen MR) is 97.2 cm³/mol. The SMILES string of the molecule is O=c1[nH]nc(SCCOc2ccc(Cl)cc2Br)n1CC1CCCO1. The first kappa shape index (κ1) is 17.8. The molecule has 3 rings (SSSR count). The van der Waals surface area contributed by atoms with Gasteiger partial charge in [0.25, 0.3) is 0 Å². The second-order valence-electron chi connectivity index (χ2n) is 5.33. The number of thioether (sulfide) groups is 1.